The number of methoxy groups -OCH3 is 1. The van der Waals surface area contributed by atoms with Crippen LogP contribution in [-0.4, -0.2) is 77.2 Å². The first-order valence-electron chi connectivity index (χ1n) is 12.1. The highest BCUT2D eigenvalue weighted by molar-refractivity contribution is 7.09. The van der Waals surface area contributed by atoms with Crippen LogP contribution in [0.2, 0.25) is 0 Å². The van der Waals surface area contributed by atoms with Crippen molar-refractivity contribution in [1.29, 1.82) is 0 Å². The average molecular weight is 505 g/mol. The number of nitrogens with zero attached hydrogens (tertiary/aromatic N) is 4. The molecule has 1 aromatic heterocycles. The molecule has 8 nitrogen and oxygen atoms in total. The smallest absolute Gasteiger partial charge is 0.261 e. The van der Waals surface area contributed by atoms with Gasteiger partial charge in [-0.05, 0) is 42.8 Å². The molecule has 0 unspecified atom stereocenters. The Bertz CT molecular complexity index is 1230. The Balaban J connectivity index is 1.06. The van der Waals surface area contributed by atoms with E-state index >= 15 is 0 Å². The minimum absolute atomic E-state index is 0.0716. The number of ether oxygens (including phenoxy) is 1. The molecule has 1 fully saturated rings. The number of thiazole rings is 1. The van der Waals surface area contributed by atoms with Crippen LogP contribution in [0.3, 0.4) is 0 Å². The minimum atomic E-state index is -0.269. The molecule has 0 bridgehead atoms. The van der Waals surface area contributed by atoms with E-state index in [1.165, 1.54) is 4.90 Å². The SMILES string of the molecule is COc1ccc(-c2csc(CN3CCN(C(=O)CCCN4C(=O)c5ccccc5C4=O)CC3)n2)cc1. The van der Waals surface area contributed by atoms with Gasteiger partial charge in [0.15, 0.2) is 0 Å². The van der Waals surface area contributed by atoms with Gasteiger partial charge < -0.3 is 9.64 Å². The van der Waals surface area contributed by atoms with Crippen molar-refractivity contribution in [1.82, 2.24) is 19.7 Å². The Hall–Kier alpha value is -3.56. The van der Waals surface area contributed by atoms with E-state index < -0.39 is 0 Å². The van der Waals surface area contributed by atoms with Crippen LogP contribution in [0.5, 0.6) is 5.75 Å². The quantitative estimate of drug-likeness (QED) is 0.437. The summed E-state index contributed by atoms with van der Waals surface area (Å²) in [5, 5.41) is 3.13. The van der Waals surface area contributed by atoms with Gasteiger partial charge in [-0.25, -0.2) is 4.98 Å². The predicted molar refractivity (Wildman–Crippen MR) is 137 cm³/mol. The number of hydrogen-bond donors (Lipinski definition) is 0. The van der Waals surface area contributed by atoms with Gasteiger partial charge in [0.2, 0.25) is 5.91 Å². The number of carbonyl (C=O) groups excluding carboxylic acids is 3. The highest BCUT2D eigenvalue weighted by Crippen LogP contribution is 2.25. The first-order chi connectivity index (χ1) is 17.5. The van der Waals surface area contributed by atoms with Gasteiger partial charge in [-0.1, -0.05) is 12.1 Å². The van der Waals surface area contributed by atoms with Crippen LogP contribution in [0.15, 0.2) is 53.9 Å². The molecule has 0 saturated carbocycles. The van der Waals surface area contributed by atoms with Crippen molar-refractivity contribution < 1.29 is 19.1 Å². The van der Waals surface area contributed by atoms with Crippen LogP contribution in [0.25, 0.3) is 11.3 Å². The van der Waals surface area contributed by atoms with E-state index in [1.807, 2.05) is 29.2 Å². The molecule has 3 heterocycles. The van der Waals surface area contributed by atoms with Crippen molar-refractivity contribution in [2.45, 2.75) is 19.4 Å². The van der Waals surface area contributed by atoms with Gasteiger partial charge in [-0.2, -0.15) is 0 Å². The number of imide groups is 1. The third kappa shape index (κ3) is 5.03. The van der Waals surface area contributed by atoms with Crippen LogP contribution in [0.1, 0.15) is 38.6 Å². The van der Waals surface area contributed by atoms with Gasteiger partial charge in [0.25, 0.3) is 11.8 Å². The Morgan fingerprint density at radius 1 is 0.972 bits per heavy atom. The fourth-order valence-corrected chi connectivity index (χ4v) is 5.46. The minimum Gasteiger partial charge on any atom is -0.497 e. The van der Waals surface area contributed by atoms with Gasteiger partial charge in [0.05, 0.1) is 30.5 Å². The summed E-state index contributed by atoms with van der Waals surface area (Å²) in [6, 6.07) is 14.7. The van der Waals surface area contributed by atoms with Crippen LogP contribution in [0, 0.1) is 0 Å². The Kier molecular flexibility index (Phi) is 7.11. The maximum Gasteiger partial charge on any atom is 0.261 e. The molecule has 2 aliphatic heterocycles. The van der Waals surface area contributed by atoms with Crippen molar-refractivity contribution >= 4 is 29.1 Å². The lowest BCUT2D eigenvalue weighted by Crippen LogP contribution is -2.48. The standard InChI is InChI=1S/C27H28N4O4S/c1-35-20-10-8-19(9-11-20)23-18-36-24(28-23)17-29-13-15-30(16-14-29)25(32)7-4-12-31-26(33)21-5-2-3-6-22(21)27(31)34/h2-3,5-6,8-11,18H,4,7,12-17H2,1H3. The van der Waals surface area contributed by atoms with E-state index in [9.17, 15) is 14.4 Å². The van der Waals surface area contributed by atoms with Crippen molar-refractivity contribution in [3.05, 3.63) is 70.0 Å². The van der Waals surface area contributed by atoms with Crippen molar-refractivity contribution in [3.8, 4) is 17.0 Å². The van der Waals surface area contributed by atoms with Gasteiger partial charge in [-0.15, -0.1) is 11.3 Å². The van der Waals surface area contributed by atoms with Crippen molar-refractivity contribution in [3.63, 3.8) is 0 Å². The molecule has 3 aromatic rings. The second-order valence-electron chi connectivity index (χ2n) is 8.92. The highest BCUT2D eigenvalue weighted by Gasteiger charge is 2.34. The van der Waals surface area contributed by atoms with E-state index in [0.29, 0.717) is 37.1 Å². The maximum absolute atomic E-state index is 12.7. The Morgan fingerprint density at radius 2 is 1.64 bits per heavy atom. The molecule has 1 saturated heterocycles. The Labute approximate surface area is 214 Å². The van der Waals surface area contributed by atoms with Gasteiger partial charge in [0, 0.05) is 50.1 Å². The molecule has 36 heavy (non-hydrogen) atoms. The zero-order valence-corrected chi connectivity index (χ0v) is 21.0. The fraction of sp³-hybridized carbons (Fsp3) is 0.333. The first kappa shape index (κ1) is 24.1. The summed E-state index contributed by atoms with van der Waals surface area (Å²) >= 11 is 1.65. The summed E-state index contributed by atoms with van der Waals surface area (Å²) in [4.78, 5) is 47.9. The summed E-state index contributed by atoms with van der Waals surface area (Å²) < 4.78 is 5.22. The molecule has 9 heteroatoms. The molecule has 186 valence electrons. The van der Waals surface area contributed by atoms with E-state index in [2.05, 4.69) is 10.3 Å². The normalized spacial score (nSPS) is 15.9. The number of piperazine rings is 1. The zero-order valence-electron chi connectivity index (χ0n) is 20.2. The predicted octanol–water partition coefficient (Wildman–Crippen LogP) is 3.54. The molecule has 0 radical (unpaired) electrons. The van der Waals surface area contributed by atoms with E-state index in [4.69, 9.17) is 9.72 Å². The van der Waals surface area contributed by atoms with Gasteiger partial charge in [0.1, 0.15) is 10.8 Å². The van der Waals surface area contributed by atoms with Crippen molar-refractivity contribution in [2.75, 3.05) is 39.8 Å². The molecule has 5 rings (SSSR count). The van der Waals surface area contributed by atoms with Gasteiger partial charge in [-0.3, -0.25) is 24.2 Å². The topological polar surface area (TPSA) is 83.0 Å². The largest absolute Gasteiger partial charge is 0.497 e. The van der Waals surface area contributed by atoms with Crippen LogP contribution in [-0.2, 0) is 11.3 Å². The van der Waals surface area contributed by atoms with Gasteiger partial charge >= 0.3 is 0 Å². The summed E-state index contributed by atoms with van der Waals surface area (Å²) in [5.74, 6) is 0.357. The Morgan fingerprint density at radius 3 is 2.28 bits per heavy atom. The third-order valence-electron chi connectivity index (χ3n) is 6.67. The second kappa shape index (κ2) is 10.6. The molecular formula is C27H28N4O4S. The maximum atomic E-state index is 12.7. The van der Waals surface area contributed by atoms with Crippen LogP contribution in [0.4, 0.5) is 0 Å². The highest BCUT2D eigenvalue weighted by atomic mass is 32.1. The fourth-order valence-electron chi connectivity index (χ4n) is 4.61. The number of rotatable bonds is 8. The first-order valence-corrected chi connectivity index (χ1v) is 13.0. The summed E-state index contributed by atoms with van der Waals surface area (Å²) in [7, 11) is 1.65. The summed E-state index contributed by atoms with van der Waals surface area (Å²) in [5.41, 5.74) is 2.92. The van der Waals surface area contributed by atoms with Crippen molar-refractivity contribution in [2.24, 2.45) is 0 Å². The number of aromatic nitrogens is 1. The molecule has 0 spiro atoms. The lowest BCUT2D eigenvalue weighted by Gasteiger charge is -2.34. The second-order valence-corrected chi connectivity index (χ2v) is 9.87. The number of hydrogen-bond acceptors (Lipinski definition) is 7. The lowest BCUT2D eigenvalue weighted by molar-refractivity contribution is -0.133. The molecule has 2 aromatic carbocycles. The van der Waals surface area contributed by atoms with E-state index in [-0.39, 0.29) is 24.3 Å². The number of carbonyl (C=O) groups is 3. The zero-order chi connectivity index (χ0) is 25.1. The van der Waals surface area contributed by atoms with E-state index in [1.54, 1.807) is 42.7 Å². The molecular weight excluding hydrogens is 476 g/mol. The average Bonchev–Trinajstić information content (AvgIpc) is 3.48. The number of benzene rings is 2. The third-order valence-corrected chi connectivity index (χ3v) is 7.51. The molecule has 2 aliphatic rings. The number of fused-ring (bicyclic) bond motifs is 1. The molecule has 0 aliphatic carbocycles. The van der Waals surface area contributed by atoms with Crippen LogP contribution < -0.4 is 4.74 Å². The summed E-state index contributed by atoms with van der Waals surface area (Å²) in [6.07, 6.45) is 0.795. The number of amides is 3. The monoisotopic (exact) mass is 504 g/mol. The lowest BCUT2D eigenvalue weighted by atomic mass is 10.1. The molecule has 0 N–H and O–H groups in total. The summed E-state index contributed by atoms with van der Waals surface area (Å²) in [6.45, 7) is 3.95. The molecule has 3 amide bonds. The van der Waals surface area contributed by atoms with E-state index in [0.717, 1.165) is 41.6 Å². The van der Waals surface area contributed by atoms with Crippen LogP contribution >= 0.6 is 11.3 Å². The molecule has 0 atom stereocenters.